The van der Waals surface area contributed by atoms with Crippen molar-refractivity contribution in [1.82, 2.24) is 0 Å². The van der Waals surface area contributed by atoms with E-state index in [0.29, 0.717) is 13.0 Å². The minimum absolute atomic E-state index is 0.382. The minimum atomic E-state index is -4.95. The summed E-state index contributed by atoms with van der Waals surface area (Å²) in [5.41, 5.74) is -3.47. The van der Waals surface area contributed by atoms with Crippen molar-refractivity contribution in [2.45, 2.75) is 24.8 Å². The third kappa shape index (κ3) is 4.31. The maximum atomic E-state index is 13.3. The lowest BCUT2D eigenvalue weighted by Gasteiger charge is -2.19. The summed E-state index contributed by atoms with van der Waals surface area (Å²) < 4.78 is 86.5. The van der Waals surface area contributed by atoms with Crippen LogP contribution in [0, 0.1) is 0 Å². The third-order valence-electron chi connectivity index (χ3n) is 2.27. The average molecular weight is 323 g/mol. The summed E-state index contributed by atoms with van der Waals surface area (Å²) in [6.07, 6.45) is -4.95. The molecule has 1 rings (SSSR count). The zero-order chi connectivity index (χ0) is 15.1. The fourth-order valence-electron chi connectivity index (χ4n) is 1.59. The van der Waals surface area contributed by atoms with Gasteiger partial charge in [0.2, 0.25) is 9.05 Å². The van der Waals surface area contributed by atoms with Crippen LogP contribution in [-0.2, 0) is 26.9 Å². The second kappa shape index (κ2) is 4.90. The highest BCUT2D eigenvalue weighted by Crippen LogP contribution is 2.39. The van der Waals surface area contributed by atoms with E-state index in [1.165, 1.54) is 0 Å². The Morgan fingerprint density at radius 3 is 1.95 bits per heavy atom. The molecule has 0 N–H and O–H groups in total. The number of alkyl halides is 5. The van der Waals surface area contributed by atoms with Gasteiger partial charge in [0.15, 0.2) is 0 Å². The molecule has 0 aliphatic heterocycles. The maximum absolute atomic E-state index is 13.3. The maximum Gasteiger partial charge on any atom is 0.416 e. The van der Waals surface area contributed by atoms with E-state index in [2.05, 4.69) is 0 Å². The van der Waals surface area contributed by atoms with Crippen LogP contribution in [0.4, 0.5) is 22.0 Å². The zero-order valence-corrected chi connectivity index (χ0v) is 11.0. The molecule has 0 radical (unpaired) electrons. The van der Waals surface area contributed by atoms with Gasteiger partial charge in [-0.1, -0.05) is 12.1 Å². The van der Waals surface area contributed by atoms with Crippen LogP contribution in [0.1, 0.15) is 23.6 Å². The Morgan fingerprint density at radius 2 is 1.58 bits per heavy atom. The largest absolute Gasteiger partial charge is 0.416 e. The predicted octanol–water partition coefficient (Wildman–Crippen LogP) is 3.89. The van der Waals surface area contributed by atoms with Gasteiger partial charge >= 0.3 is 6.18 Å². The first-order chi connectivity index (χ1) is 8.32. The molecule has 0 aromatic heterocycles. The van der Waals surface area contributed by atoms with E-state index in [-0.39, 0.29) is 0 Å². The summed E-state index contributed by atoms with van der Waals surface area (Å²) in [7, 11) is 0.468. The monoisotopic (exact) mass is 322 g/mol. The first kappa shape index (κ1) is 16.2. The Labute approximate surface area is 110 Å². The lowest BCUT2D eigenvalue weighted by atomic mass is 9.98. The predicted molar refractivity (Wildman–Crippen MR) is 59.5 cm³/mol. The number of rotatable bonds is 3. The van der Waals surface area contributed by atoms with E-state index in [9.17, 15) is 30.4 Å². The average Bonchev–Trinajstić information content (AvgIpc) is 2.11. The summed E-state index contributed by atoms with van der Waals surface area (Å²) in [6.45, 7) is 0.382. The topological polar surface area (TPSA) is 34.1 Å². The highest BCUT2D eigenvalue weighted by molar-refractivity contribution is 8.13. The Bertz CT molecular complexity index is 542. The van der Waals surface area contributed by atoms with Crippen LogP contribution in [0.2, 0.25) is 0 Å². The molecule has 108 valence electrons. The van der Waals surface area contributed by atoms with E-state index in [1.54, 1.807) is 0 Å². The van der Waals surface area contributed by atoms with Crippen LogP contribution in [0.5, 0.6) is 0 Å². The number of hydrogen-bond donors (Lipinski definition) is 0. The number of hydrogen-bond acceptors (Lipinski definition) is 2. The smallest absolute Gasteiger partial charge is 0.212 e. The van der Waals surface area contributed by atoms with E-state index < -0.39 is 43.6 Å². The Balaban J connectivity index is 3.60. The van der Waals surface area contributed by atoms with Crippen molar-refractivity contribution in [3.63, 3.8) is 0 Å². The quantitative estimate of drug-likeness (QED) is 0.625. The van der Waals surface area contributed by atoms with Crippen LogP contribution in [0.3, 0.4) is 0 Å². The van der Waals surface area contributed by atoms with Crippen LogP contribution >= 0.6 is 10.7 Å². The van der Waals surface area contributed by atoms with Crippen LogP contribution < -0.4 is 0 Å². The third-order valence-corrected chi connectivity index (χ3v) is 3.23. The van der Waals surface area contributed by atoms with Crippen molar-refractivity contribution in [3.8, 4) is 0 Å². The lowest BCUT2D eigenvalue weighted by molar-refractivity contribution is -0.138. The molecule has 0 fully saturated rings. The normalized spacial score (nSPS) is 13.6. The van der Waals surface area contributed by atoms with Gasteiger partial charge in [0.25, 0.3) is 5.92 Å². The molecular weight excluding hydrogens is 315 g/mol. The minimum Gasteiger partial charge on any atom is -0.212 e. The molecule has 0 saturated heterocycles. The van der Waals surface area contributed by atoms with Crippen molar-refractivity contribution in [3.05, 3.63) is 34.9 Å². The molecule has 0 atom stereocenters. The van der Waals surface area contributed by atoms with E-state index in [4.69, 9.17) is 10.7 Å². The fraction of sp³-hybridized carbons (Fsp3) is 0.400. The van der Waals surface area contributed by atoms with Gasteiger partial charge in [0.05, 0.1) is 11.3 Å². The van der Waals surface area contributed by atoms with Gasteiger partial charge in [-0.25, -0.2) is 17.2 Å². The van der Waals surface area contributed by atoms with E-state index in [0.717, 1.165) is 12.1 Å². The van der Waals surface area contributed by atoms with Crippen molar-refractivity contribution in [2.75, 3.05) is 0 Å². The van der Waals surface area contributed by atoms with Gasteiger partial charge in [0, 0.05) is 23.2 Å². The van der Waals surface area contributed by atoms with Crippen LogP contribution in [-0.4, -0.2) is 8.42 Å². The Kier molecular flexibility index (Phi) is 4.17. The molecule has 19 heavy (non-hydrogen) atoms. The Hall–Kier alpha value is -0.890. The molecule has 0 heterocycles. The van der Waals surface area contributed by atoms with Gasteiger partial charge in [-0.3, -0.25) is 0 Å². The van der Waals surface area contributed by atoms with E-state index in [1.807, 2.05) is 0 Å². The first-order valence-corrected chi connectivity index (χ1v) is 7.30. The Morgan fingerprint density at radius 1 is 1.11 bits per heavy atom. The lowest BCUT2D eigenvalue weighted by Crippen LogP contribution is -2.18. The molecule has 2 nitrogen and oxygen atoms in total. The molecule has 1 aromatic carbocycles. The van der Waals surface area contributed by atoms with Gasteiger partial charge in [-0.05, 0) is 11.6 Å². The summed E-state index contributed by atoms with van der Waals surface area (Å²) in [6, 6.07) is 2.07. The molecular formula is C10H8ClF5O2S. The first-order valence-electron chi connectivity index (χ1n) is 4.82. The molecule has 0 aliphatic carbocycles. The molecule has 0 saturated carbocycles. The molecule has 0 spiro atoms. The summed E-state index contributed by atoms with van der Waals surface area (Å²) in [4.78, 5) is 0. The highest BCUT2D eigenvalue weighted by Gasteiger charge is 2.39. The van der Waals surface area contributed by atoms with Crippen molar-refractivity contribution >= 4 is 19.7 Å². The van der Waals surface area contributed by atoms with Crippen molar-refractivity contribution in [1.29, 1.82) is 0 Å². The van der Waals surface area contributed by atoms with Crippen molar-refractivity contribution in [2.24, 2.45) is 0 Å². The van der Waals surface area contributed by atoms with Gasteiger partial charge in [-0.15, -0.1) is 0 Å². The molecule has 9 heteroatoms. The number of benzene rings is 1. The molecule has 0 bridgehead atoms. The van der Waals surface area contributed by atoms with Crippen molar-refractivity contribution < 1.29 is 30.4 Å². The summed E-state index contributed by atoms with van der Waals surface area (Å²) in [5.74, 6) is -4.93. The van der Waals surface area contributed by atoms with Gasteiger partial charge in [0.1, 0.15) is 0 Å². The van der Waals surface area contributed by atoms with Crippen LogP contribution in [0.25, 0.3) is 0 Å². The fourth-order valence-corrected chi connectivity index (χ4v) is 2.57. The molecule has 1 aromatic rings. The van der Waals surface area contributed by atoms with Gasteiger partial charge in [-0.2, -0.15) is 13.2 Å². The van der Waals surface area contributed by atoms with E-state index >= 15 is 0 Å². The van der Waals surface area contributed by atoms with Crippen LogP contribution in [0.15, 0.2) is 18.2 Å². The number of halogens is 6. The summed E-state index contributed by atoms with van der Waals surface area (Å²) >= 11 is 0. The highest BCUT2D eigenvalue weighted by atomic mass is 35.7. The second-order valence-corrected chi connectivity index (χ2v) is 6.68. The zero-order valence-electron chi connectivity index (χ0n) is 9.43. The second-order valence-electron chi connectivity index (χ2n) is 3.90. The molecule has 0 unspecified atom stereocenters. The SMILES string of the molecule is CC(F)(F)c1cccc(C(F)(F)F)c1CS(=O)(=O)Cl. The summed E-state index contributed by atoms with van der Waals surface area (Å²) in [5, 5.41) is 0. The van der Waals surface area contributed by atoms with Gasteiger partial charge < -0.3 is 0 Å². The molecule has 0 amide bonds. The molecule has 0 aliphatic rings. The standard InChI is InChI=1S/C10H8ClF5O2S/c1-9(12,13)7-3-2-4-8(10(14,15)16)6(7)5-19(11,17)18/h2-4H,5H2,1H3.